The van der Waals surface area contributed by atoms with Gasteiger partial charge in [0.25, 0.3) is 0 Å². The van der Waals surface area contributed by atoms with Crippen LogP contribution < -0.4 is 16.2 Å². The highest BCUT2D eigenvalue weighted by Crippen LogP contribution is 2.52. The van der Waals surface area contributed by atoms with Crippen LogP contribution in [0.15, 0.2) is 168 Å². The average molecular weight is 923 g/mol. The zero-order chi connectivity index (χ0) is 48.8. The first-order chi connectivity index (χ1) is 34.1. The number of fused-ring (bicyclic) bond motifs is 8. The van der Waals surface area contributed by atoms with Gasteiger partial charge in [0.05, 0.1) is 11.0 Å². The van der Waals surface area contributed by atoms with Gasteiger partial charge in [0.15, 0.2) is 0 Å². The lowest BCUT2D eigenvalue weighted by molar-refractivity contribution is 0.332. The molecule has 0 radical (unpaired) electrons. The fourth-order valence-corrected chi connectivity index (χ4v) is 13.2. The molecule has 1 N–H and O–H groups in total. The fraction of sp³-hybridized carbons (Fsp3) is 0.254. The zero-order valence-electron chi connectivity index (χ0n) is 42.8. The lowest BCUT2D eigenvalue weighted by Crippen LogP contribution is -2.46. The fourth-order valence-electron chi connectivity index (χ4n) is 13.2. The molecule has 3 nitrogen and oxygen atoms in total. The third-order valence-electron chi connectivity index (χ3n) is 17.6. The van der Waals surface area contributed by atoms with Gasteiger partial charge in [0.2, 0.25) is 6.71 Å². The summed E-state index contributed by atoms with van der Waals surface area (Å²) in [5.41, 5.74) is 24.0. The number of benzene rings is 8. The van der Waals surface area contributed by atoms with Crippen LogP contribution in [0.1, 0.15) is 103 Å². The van der Waals surface area contributed by atoms with E-state index in [-0.39, 0.29) is 28.4 Å². The lowest BCUT2D eigenvalue weighted by Gasteiger charge is -2.43. The molecule has 2 aliphatic carbocycles. The highest BCUT2D eigenvalue weighted by Gasteiger charge is 2.41. The topological polar surface area (TPSA) is 30.1 Å². The van der Waals surface area contributed by atoms with Crippen LogP contribution in [0, 0.1) is 0 Å². The Morgan fingerprint density at radius 1 is 0.493 bits per heavy atom. The number of rotatable bonds is 6. The molecule has 0 amide bonds. The molecule has 8 aromatic carbocycles. The molecular formula is C67H63BN2O. The largest absolute Gasteiger partial charge is 0.455 e. The van der Waals surface area contributed by atoms with Crippen LogP contribution in [0.4, 0.5) is 11.4 Å². The standard InChI is InChI=1S/C67H63BN2O/c1-64(2)31-32-65(3,4)51-35-44(29-30-50(51)64)69-55-39-53-52(66(5,6)33-34-67(53,7)8)37-47(55)48-36-46(41-21-13-10-14-22-41)60-45-27-19-20-28-56(45)70-57-38-49-58(40-54(57)68(9)61(48)62(60)70)71-63(43-25-17-12-18-26-43)59(49)42-23-15-11-16-24-42/h10-30,35-40,69H,31-34H2,1-9H3. The summed E-state index contributed by atoms with van der Waals surface area (Å²) in [6, 6.07) is 61.4. The summed E-state index contributed by atoms with van der Waals surface area (Å²) in [6.07, 6.45) is 4.66. The van der Waals surface area contributed by atoms with E-state index in [4.69, 9.17) is 4.42 Å². The molecule has 0 saturated heterocycles. The second-order valence-corrected chi connectivity index (χ2v) is 23.9. The highest BCUT2D eigenvalue weighted by molar-refractivity contribution is 6.88. The Kier molecular flexibility index (Phi) is 9.58. The number of nitrogens with zero attached hydrogens (tertiary/aromatic N) is 1. The minimum atomic E-state index is 0.00802. The number of para-hydroxylation sites is 1. The van der Waals surface area contributed by atoms with Crippen LogP contribution in [-0.4, -0.2) is 11.3 Å². The molecule has 0 saturated carbocycles. The Morgan fingerprint density at radius 2 is 1.06 bits per heavy atom. The van der Waals surface area contributed by atoms with Gasteiger partial charge in [-0.05, 0) is 151 Å². The summed E-state index contributed by atoms with van der Waals surface area (Å²) in [5.74, 6) is 0.901. The van der Waals surface area contributed by atoms with Gasteiger partial charge in [-0.2, -0.15) is 0 Å². The van der Waals surface area contributed by atoms with Gasteiger partial charge in [-0.25, -0.2) is 0 Å². The summed E-state index contributed by atoms with van der Waals surface area (Å²) in [6.45, 7) is 22.0. The van der Waals surface area contributed by atoms with Gasteiger partial charge in [-0.15, -0.1) is 0 Å². The molecule has 0 fully saturated rings. The minimum Gasteiger partial charge on any atom is -0.455 e. The van der Waals surface area contributed by atoms with Crippen molar-refractivity contribution in [2.45, 2.75) is 110 Å². The summed E-state index contributed by atoms with van der Waals surface area (Å²) in [4.78, 5) is 0. The van der Waals surface area contributed by atoms with Crippen LogP contribution in [0.2, 0.25) is 6.82 Å². The van der Waals surface area contributed by atoms with Crippen LogP contribution in [-0.2, 0) is 21.7 Å². The second kappa shape index (κ2) is 15.5. The van der Waals surface area contributed by atoms with Crippen LogP contribution in [0.5, 0.6) is 0 Å². The van der Waals surface area contributed by atoms with Crippen molar-refractivity contribution in [2.24, 2.45) is 0 Å². The third kappa shape index (κ3) is 6.69. The van der Waals surface area contributed by atoms with E-state index < -0.39 is 0 Å². The van der Waals surface area contributed by atoms with Crippen molar-refractivity contribution in [3.8, 4) is 50.4 Å². The van der Waals surface area contributed by atoms with Gasteiger partial charge in [-0.1, -0.05) is 177 Å². The molecule has 3 heterocycles. The maximum atomic E-state index is 7.11. The minimum absolute atomic E-state index is 0.00802. The SMILES string of the molecule is CB1c2cc3oc(-c4ccccc4)c(-c4ccccc4)c3cc2-n2c3ccccc3c3c(-c4ccccc4)cc(-c4cc5c(cc4Nc4ccc6c(c4)C(C)(C)CCC6(C)C)C(C)(C)CCC5(C)C)c1c32. The Hall–Kier alpha value is -7.04. The first-order valence-corrected chi connectivity index (χ1v) is 26.1. The van der Waals surface area contributed by atoms with Crippen LogP contribution in [0.25, 0.3) is 83.2 Å². The van der Waals surface area contributed by atoms with Crippen molar-refractivity contribution in [1.29, 1.82) is 0 Å². The predicted octanol–water partition coefficient (Wildman–Crippen LogP) is 17.2. The molecule has 350 valence electrons. The molecule has 10 aromatic rings. The molecule has 3 aliphatic rings. The Labute approximate surface area is 420 Å². The van der Waals surface area contributed by atoms with E-state index in [9.17, 15) is 0 Å². The molecule has 0 atom stereocenters. The maximum Gasteiger partial charge on any atom is 0.212 e. The average Bonchev–Trinajstić information content (AvgIpc) is 3.93. The third-order valence-corrected chi connectivity index (χ3v) is 17.6. The highest BCUT2D eigenvalue weighted by atomic mass is 16.3. The monoisotopic (exact) mass is 923 g/mol. The van der Waals surface area contributed by atoms with Crippen molar-refractivity contribution in [3.63, 3.8) is 0 Å². The van der Waals surface area contributed by atoms with Crippen LogP contribution >= 0.6 is 0 Å². The summed E-state index contributed by atoms with van der Waals surface area (Å²) in [7, 11) is 0. The first-order valence-electron chi connectivity index (χ1n) is 26.1. The van der Waals surface area contributed by atoms with Crippen molar-refractivity contribution in [3.05, 3.63) is 186 Å². The number of aromatic nitrogens is 1. The van der Waals surface area contributed by atoms with E-state index in [0.717, 1.165) is 51.9 Å². The van der Waals surface area contributed by atoms with E-state index in [1.807, 2.05) is 0 Å². The number of nitrogens with one attached hydrogen (secondary N) is 1. The van der Waals surface area contributed by atoms with Crippen molar-refractivity contribution >= 4 is 61.8 Å². The first kappa shape index (κ1) is 43.9. The quantitative estimate of drug-likeness (QED) is 0.168. The molecular weight excluding hydrogens is 860 g/mol. The van der Waals surface area contributed by atoms with Gasteiger partial charge >= 0.3 is 0 Å². The Balaban J connectivity index is 1.14. The number of anilines is 2. The van der Waals surface area contributed by atoms with E-state index in [0.29, 0.717) is 0 Å². The molecule has 0 bridgehead atoms. The lowest BCUT2D eigenvalue weighted by atomic mass is 9.39. The molecule has 2 aromatic heterocycles. The van der Waals surface area contributed by atoms with E-state index in [2.05, 4.69) is 236 Å². The molecule has 13 rings (SSSR count). The summed E-state index contributed by atoms with van der Waals surface area (Å²) in [5, 5.41) is 7.89. The maximum absolute atomic E-state index is 7.11. The molecule has 0 unspecified atom stereocenters. The predicted molar refractivity (Wildman–Crippen MR) is 303 cm³/mol. The van der Waals surface area contributed by atoms with Gasteiger partial charge in [0, 0.05) is 49.9 Å². The normalized spacial score (nSPS) is 17.0. The summed E-state index contributed by atoms with van der Waals surface area (Å²) >= 11 is 0. The smallest absolute Gasteiger partial charge is 0.212 e. The Morgan fingerprint density at radius 3 is 1.72 bits per heavy atom. The number of hydrogen-bond donors (Lipinski definition) is 1. The van der Waals surface area contributed by atoms with E-state index in [1.165, 1.54) is 101 Å². The molecule has 71 heavy (non-hydrogen) atoms. The molecule has 0 spiro atoms. The van der Waals surface area contributed by atoms with Crippen molar-refractivity contribution in [1.82, 2.24) is 4.57 Å². The Bertz CT molecular complexity index is 3790. The molecule has 1 aliphatic heterocycles. The summed E-state index contributed by atoms with van der Waals surface area (Å²) < 4.78 is 9.73. The number of furan rings is 1. The van der Waals surface area contributed by atoms with E-state index >= 15 is 0 Å². The van der Waals surface area contributed by atoms with Gasteiger partial charge < -0.3 is 14.3 Å². The van der Waals surface area contributed by atoms with Crippen LogP contribution in [0.3, 0.4) is 0 Å². The number of hydrogen-bond acceptors (Lipinski definition) is 2. The van der Waals surface area contributed by atoms with Gasteiger partial charge in [0.1, 0.15) is 11.3 Å². The molecule has 4 heteroatoms. The zero-order valence-corrected chi connectivity index (χ0v) is 42.8. The van der Waals surface area contributed by atoms with E-state index in [1.54, 1.807) is 0 Å². The van der Waals surface area contributed by atoms with Crippen molar-refractivity contribution in [2.75, 3.05) is 5.32 Å². The second-order valence-electron chi connectivity index (χ2n) is 23.9. The van der Waals surface area contributed by atoms with Gasteiger partial charge in [-0.3, -0.25) is 0 Å². The van der Waals surface area contributed by atoms with Crippen molar-refractivity contribution < 1.29 is 4.42 Å².